The molecule has 0 radical (unpaired) electrons. The van der Waals surface area contributed by atoms with Crippen molar-refractivity contribution in [2.75, 3.05) is 20.2 Å². The molecule has 1 saturated heterocycles. The number of benzene rings is 1. The minimum Gasteiger partial charge on any atom is -0.496 e. The molecule has 1 aliphatic heterocycles. The van der Waals surface area contributed by atoms with Crippen LogP contribution in [0.15, 0.2) is 24.3 Å². The number of rotatable bonds is 4. The van der Waals surface area contributed by atoms with E-state index in [0.29, 0.717) is 0 Å². The largest absolute Gasteiger partial charge is 0.496 e. The number of methoxy groups -OCH3 is 1. The molecule has 1 aromatic carbocycles. The van der Waals surface area contributed by atoms with Crippen molar-refractivity contribution < 1.29 is 9.84 Å². The molecule has 1 aromatic rings. The third kappa shape index (κ3) is 3.96. The van der Waals surface area contributed by atoms with E-state index >= 15 is 0 Å². The first-order valence-electron chi connectivity index (χ1n) is 7.79. The predicted octanol–water partition coefficient (Wildman–Crippen LogP) is 2.32. The first-order chi connectivity index (χ1) is 9.94. The lowest BCUT2D eigenvalue weighted by atomic mass is 9.97. The van der Waals surface area contributed by atoms with Gasteiger partial charge in [-0.05, 0) is 45.7 Å². The van der Waals surface area contributed by atoms with Crippen LogP contribution in [-0.2, 0) is 0 Å². The summed E-state index contributed by atoms with van der Waals surface area (Å²) in [6.45, 7) is 5.79. The van der Waals surface area contributed by atoms with Crippen LogP contribution in [0.25, 0.3) is 0 Å². The van der Waals surface area contributed by atoms with Crippen molar-refractivity contribution in [1.82, 2.24) is 4.90 Å². The van der Waals surface area contributed by atoms with Crippen LogP contribution in [0.2, 0.25) is 0 Å². The summed E-state index contributed by atoms with van der Waals surface area (Å²) in [5.74, 6) is 0.885. The molecule has 0 amide bonds. The van der Waals surface area contributed by atoms with E-state index in [-0.39, 0.29) is 12.1 Å². The van der Waals surface area contributed by atoms with E-state index in [4.69, 9.17) is 10.5 Å². The van der Waals surface area contributed by atoms with Crippen molar-refractivity contribution >= 4 is 0 Å². The van der Waals surface area contributed by atoms with Gasteiger partial charge in [-0.15, -0.1) is 0 Å². The molecule has 3 N–H and O–H groups in total. The number of ether oxygens (including phenoxy) is 1. The summed E-state index contributed by atoms with van der Waals surface area (Å²) >= 11 is 0. The Bertz CT molecular complexity index is 460. The molecule has 1 heterocycles. The molecular formula is C17H28N2O2. The minimum absolute atomic E-state index is 0.00403. The molecule has 4 nitrogen and oxygen atoms in total. The fourth-order valence-corrected chi connectivity index (χ4v) is 3.29. The molecule has 1 fully saturated rings. The van der Waals surface area contributed by atoms with Crippen molar-refractivity contribution in [2.45, 2.75) is 50.8 Å². The Morgan fingerprint density at radius 2 is 2.00 bits per heavy atom. The lowest BCUT2D eigenvalue weighted by Gasteiger charge is -2.34. The van der Waals surface area contributed by atoms with Gasteiger partial charge in [-0.2, -0.15) is 0 Å². The highest BCUT2D eigenvalue weighted by Gasteiger charge is 2.31. The zero-order chi connectivity index (χ0) is 15.5. The fourth-order valence-electron chi connectivity index (χ4n) is 3.29. The molecule has 3 atom stereocenters. The van der Waals surface area contributed by atoms with Crippen LogP contribution in [0.3, 0.4) is 0 Å². The van der Waals surface area contributed by atoms with Gasteiger partial charge in [0.2, 0.25) is 0 Å². The molecule has 118 valence electrons. The molecule has 2 rings (SSSR count). The Kier molecular flexibility index (Phi) is 5.25. The predicted molar refractivity (Wildman–Crippen MR) is 85.4 cm³/mol. The molecule has 0 bridgehead atoms. The van der Waals surface area contributed by atoms with Gasteiger partial charge >= 0.3 is 0 Å². The Morgan fingerprint density at radius 1 is 1.29 bits per heavy atom. The van der Waals surface area contributed by atoms with Gasteiger partial charge in [-0.1, -0.05) is 18.2 Å². The van der Waals surface area contributed by atoms with Crippen LogP contribution < -0.4 is 10.5 Å². The SMILES string of the molecule is COc1ccccc1C(C(C)N)N1CCCC(C)(O)CC1. The number of hydrogen-bond acceptors (Lipinski definition) is 4. The Labute approximate surface area is 127 Å². The second-order valence-corrected chi connectivity index (χ2v) is 6.43. The molecule has 3 unspecified atom stereocenters. The maximum Gasteiger partial charge on any atom is 0.123 e. The summed E-state index contributed by atoms with van der Waals surface area (Å²) in [7, 11) is 1.70. The lowest BCUT2D eigenvalue weighted by Crippen LogP contribution is -2.40. The quantitative estimate of drug-likeness (QED) is 0.894. The lowest BCUT2D eigenvalue weighted by molar-refractivity contribution is 0.0423. The van der Waals surface area contributed by atoms with Gasteiger partial charge in [0.05, 0.1) is 18.8 Å². The van der Waals surface area contributed by atoms with Crippen molar-refractivity contribution in [3.8, 4) is 5.75 Å². The van der Waals surface area contributed by atoms with Crippen LogP contribution in [0, 0.1) is 0 Å². The van der Waals surface area contributed by atoms with E-state index in [1.54, 1.807) is 7.11 Å². The number of likely N-dealkylation sites (tertiary alicyclic amines) is 1. The summed E-state index contributed by atoms with van der Waals surface area (Å²) in [6.07, 6.45) is 2.62. The Morgan fingerprint density at radius 3 is 2.67 bits per heavy atom. The summed E-state index contributed by atoms with van der Waals surface area (Å²) in [5.41, 5.74) is 6.86. The molecule has 21 heavy (non-hydrogen) atoms. The summed E-state index contributed by atoms with van der Waals surface area (Å²) in [4.78, 5) is 2.39. The summed E-state index contributed by atoms with van der Waals surface area (Å²) in [5, 5.41) is 10.3. The van der Waals surface area contributed by atoms with Gasteiger partial charge in [-0.3, -0.25) is 4.90 Å². The van der Waals surface area contributed by atoms with Crippen LogP contribution in [0.5, 0.6) is 5.75 Å². The maximum atomic E-state index is 10.3. The van der Waals surface area contributed by atoms with E-state index in [1.807, 2.05) is 32.0 Å². The number of aliphatic hydroxyl groups is 1. The van der Waals surface area contributed by atoms with E-state index in [9.17, 15) is 5.11 Å². The highest BCUT2D eigenvalue weighted by molar-refractivity contribution is 5.36. The monoisotopic (exact) mass is 292 g/mol. The normalized spacial score (nSPS) is 26.9. The molecule has 0 spiro atoms. The van der Waals surface area contributed by atoms with Crippen LogP contribution in [0.1, 0.15) is 44.7 Å². The second-order valence-electron chi connectivity index (χ2n) is 6.43. The molecule has 1 aliphatic rings. The van der Waals surface area contributed by atoms with Crippen LogP contribution in [0.4, 0.5) is 0 Å². The van der Waals surface area contributed by atoms with Gasteiger partial charge in [0.15, 0.2) is 0 Å². The highest BCUT2D eigenvalue weighted by Crippen LogP contribution is 2.34. The van der Waals surface area contributed by atoms with Crippen molar-refractivity contribution in [1.29, 1.82) is 0 Å². The number of hydrogen-bond donors (Lipinski definition) is 2. The van der Waals surface area contributed by atoms with E-state index in [0.717, 1.165) is 43.7 Å². The minimum atomic E-state index is -0.558. The zero-order valence-electron chi connectivity index (χ0n) is 13.4. The Hall–Kier alpha value is -1.10. The van der Waals surface area contributed by atoms with E-state index in [2.05, 4.69) is 11.0 Å². The maximum absolute atomic E-state index is 10.3. The number of nitrogens with two attached hydrogens (primary N) is 1. The van der Waals surface area contributed by atoms with E-state index < -0.39 is 5.60 Å². The first kappa shape index (κ1) is 16.3. The average molecular weight is 292 g/mol. The van der Waals surface area contributed by atoms with Crippen LogP contribution in [-0.4, -0.2) is 41.8 Å². The third-order valence-corrected chi connectivity index (χ3v) is 4.45. The fraction of sp³-hybridized carbons (Fsp3) is 0.647. The summed E-state index contributed by atoms with van der Waals surface area (Å²) in [6, 6.07) is 8.21. The van der Waals surface area contributed by atoms with Gasteiger partial charge in [-0.25, -0.2) is 0 Å². The molecule has 0 aromatic heterocycles. The van der Waals surface area contributed by atoms with Crippen LogP contribution >= 0.6 is 0 Å². The number of nitrogens with zero attached hydrogens (tertiary/aromatic N) is 1. The summed E-state index contributed by atoms with van der Waals surface area (Å²) < 4.78 is 5.51. The van der Waals surface area contributed by atoms with E-state index in [1.165, 1.54) is 0 Å². The third-order valence-electron chi connectivity index (χ3n) is 4.45. The average Bonchev–Trinajstić information content (AvgIpc) is 2.61. The van der Waals surface area contributed by atoms with Crippen molar-refractivity contribution in [3.63, 3.8) is 0 Å². The number of para-hydroxylation sites is 1. The molecular weight excluding hydrogens is 264 g/mol. The van der Waals surface area contributed by atoms with Gasteiger partial charge < -0.3 is 15.6 Å². The van der Waals surface area contributed by atoms with Gasteiger partial charge in [0.25, 0.3) is 0 Å². The van der Waals surface area contributed by atoms with Crippen molar-refractivity contribution in [2.24, 2.45) is 5.73 Å². The van der Waals surface area contributed by atoms with Gasteiger partial charge in [0.1, 0.15) is 5.75 Å². The molecule has 0 aliphatic carbocycles. The standard InChI is InChI=1S/C17H28N2O2/c1-13(18)16(14-7-4-5-8-15(14)21-3)19-11-6-9-17(2,20)10-12-19/h4-5,7-8,13,16,20H,6,9-12,18H2,1-3H3. The van der Waals surface area contributed by atoms with Gasteiger partial charge in [0, 0.05) is 18.2 Å². The highest BCUT2D eigenvalue weighted by atomic mass is 16.5. The second kappa shape index (κ2) is 6.77. The smallest absolute Gasteiger partial charge is 0.123 e. The molecule has 4 heteroatoms. The first-order valence-corrected chi connectivity index (χ1v) is 7.79. The van der Waals surface area contributed by atoms with Crippen molar-refractivity contribution in [3.05, 3.63) is 29.8 Å². The zero-order valence-corrected chi connectivity index (χ0v) is 13.4. The Balaban J connectivity index is 2.27. The molecule has 0 saturated carbocycles. The topological polar surface area (TPSA) is 58.7 Å².